The molecule has 8 aromatic rings. The first-order valence-corrected chi connectivity index (χ1v) is 22.3. The van der Waals surface area contributed by atoms with Crippen molar-refractivity contribution in [3.8, 4) is 23.0 Å². The summed E-state index contributed by atoms with van der Waals surface area (Å²) in [7, 11) is 1.60. The minimum absolute atomic E-state index is 0.145. The van der Waals surface area contributed by atoms with Gasteiger partial charge in [-0.05, 0) is 137 Å². The predicted octanol–water partition coefficient (Wildman–Crippen LogP) is 11.3. The lowest BCUT2D eigenvalue weighted by Crippen LogP contribution is -2.45. The Balaban J connectivity index is 0.877. The van der Waals surface area contributed by atoms with Gasteiger partial charge in [-0.1, -0.05) is 98.8 Å². The van der Waals surface area contributed by atoms with Crippen molar-refractivity contribution in [2.75, 3.05) is 7.11 Å². The third-order valence-corrected chi connectivity index (χ3v) is 12.6. The Kier molecular flexibility index (Phi) is 12.5. The number of aliphatic hydroxyl groups is 1. The fourth-order valence-corrected chi connectivity index (χ4v) is 8.81. The molecule has 0 spiro atoms. The maximum Gasteiger partial charge on any atom is 0.343 e. The number of ether oxygens (including phenoxy) is 4. The molecule has 1 aromatic heterocycles. The van der Waals surface area contributed by atoms with Crippen LogP contribution < -0.4 is 18.9 Å². The van der Waals surface area contributed by atoms with Gasteiger partial charge in [-0.2, -0.15) is 0 Å². The number of rotatable bonds is 14. The molecular formula is C58H47NO10. The first-order valence-electron chi connectivity index (χ1n) is 22.3. The van der Waals surface area contributed by atoms with Crippen molar-refractivity contribution < 1.29 is 47.6 Å². The molecule has 0 saturated carbocycles. The second-order valence-corrected chi connectivity index (χ2v) is 17.2. The van der Waals surface area contributed by atoms with E-state index >= 15 is 0 Å². The highest BCUT2D eigenvalue weighted by Gasteiger charge is 2.52. The van der Waals surface area contributed by atoms with Crippen LogP contribution in [0.15, 0.2) is 193 Å². The number of fused-ring (bicyclic) bond motifs is 1. The zero-order valence-electron chi connectivity index (χ0n) is 38.3. The molecular weight excluding hydrogens is 871 g/mol. The van der Waals surface area contributed by atoms with Crippen LogP contribution in [0.1, 0.15) is 107 Å². The zero-order valence-corrected chi connectivity index (χ0v) is 38.3. The Labute approximate surface area is 399 Å². The molecule has 2 heterocycles. The van der Waals surface area contributed by atoms with Crippen molar-refractivity contribution in [3.63, 3.8) is 0 Å². The minimum atomic E-state index is -1.08. The summed E-state index contributed by atoms with van der Waals surface area (Å²) < 4.78 is 28.4. The Morgan fingerprint density at radius 3 is 1.57 bits per heavy atom. The quantitative estimate of drug-likeness (QED) is 0.0827. The van der Waals surface area contributed by atoms with E-state index in [4.69, 9.17) is 23.4 Å². The van der Waals surface area contributed by atoms with E-state index in [2.05, 4.69) is 13.8 Å². The van der Waals surface area contributed by atoms with Crippen molar-refractivity contribution in [3.05, 3.63) is 250 Å². The summed E-state index contributed by atoms with van der Waals surface area (Å²) in [5.41, 5.74) is 4.56. The molecule has 2 atom stereocenters. The van der Waals surface area contributed by atoms with Gasteiger partial charge in [0.15, 0.2) is 0 Å². The topological polar surface area (TPSA) is 142 Å². The van der Waals surface area contributed by atoms with Gasteiger partial charge in [-0.3, -0.25) is 4.79 Å². The van der Waals surface area contributed by atoms with Crippen molar-refractivity contribution >= 4 is 23.8 Å². The van der Waals surface area contributed by atoms with E-state index in [0.29, 0.717) is 39.7 Å². The van der Waals surface area contributed by atoms with Crippen LogP contribution in [0, 0.1) is 0 Å². The predicted molar refractivity (Wildman–Crippen MR) is 258 cm³/mol. The van der Waals surface area contributed by atoms with Crippen molar-refractivity contribution in [2.24, 2.45) is 0 Å². The zero-order chi connectivity index (χ0) is 48.3. The normalized spacial score (nSPS) is 14.7. The van der Waals surface area contributed by atoms with Gasteiger partial charge in [0.25, 0.3) is 5.91 Å². The van der Waals surface area contributed by atoms with E-state index in [1.165, 1.54) is 6.07 Å². The standard InChI is InChI=1S/C58H47NO10/c1-37(60)38-10-7-11-39(34-38)54(62)67-47-27-17-42(18-28-47)57(2,3)43-19-29-48(30-20-43)68-55(63)40-12-8-13-41(35-40)56(64)69-49-31-23-45(24-32-49)58(44-21-25-46(65-4)26-22-44)52-16-6-5-15-51(52)53(61)59(58)36-50-14-9-33-66-50/h5-35,37,60H,36H2,1-4H3. The number of nitrogens with zero attached hydrogens (tertiary/aromatic N) is 1. The summed E-state index contributed by atoms with van der Waals surface area (Å²) in [5, 5.41) is 9.89. The Morgan fingerprint density at radius 1 is 0.594 bits per heavy atom. The summed E-state index contributed by atoms with van der Waals surface area (Å²) in [6.07, 6.45) is 0.873. The van der Waals surface area contributed by atoms with Crippen molar-refractivity contribution in [2.45, 2.75) is 44.4 Å². The summed E-state index contributed by atoms with van der Waals surface area (Å²) in [5.74, 6) is 0.226. The summed E-state index contributed by atoms with van der Waals surface area (Å²) in [4.78, 5) is 55.9. The number of esters is 3. The minimum Gasteiger partial charge on any atom is -0.497 e. The molecule has 69 heavy (non-hydrogen) atoms. The van der Waals surface area contributed by atoms with E-state index in [-0.39, 0.29) is 29.3 Å². The van der Waals surface area contributed by atoms with Gasteiger partial charge in [0.05, 0.1) is 42.7 Å². The molecule has 7 aromatic carbocycles. The van der Waals surface area contributed by atoms with Gasteiger partial charge in [-0.25, -0.2) is 14.4 Å². The molecule has 0 fully saturated rings. The van der Waals surface area contributed by atoms with Crippen LogP contribution >= 0.6 is 0 Å². The number of aliphatic hydroxyl groups excluding tert-OH is 1. The van der Waals surface area contributed by atoms with Crippen LogP contribution in [0.5, 0.6) is 23.0 Å². The lowest BCUT2D eigenvalue weighted by molar-refractivity contribution is 0.0639. The number of hydrogen-bond donors (Lipinski definition) is 1. The van der Waals surface area contributed by atoms with Crippen LogP contribution in [0.4, 0.5) is 0 Å². The second kappa shape index (κ2) is 19.0. The average Bonchev–Trinajstić information content (AvgIpc) is 3.99. The Hall–Kier alpha value is -8.54. The first-order chi connectivity index (χ1) is 33.3. The highest BCUT2D eigenvalue weighted by atomic mass is 16.5. The molecule has 1 N–H and O–H groups in total. The number of carbonyl (C=O) groups excluding carboxylic acids is 4. The fraction of sp³-hybridized carbons (Fsp3) is 0.138. The molecule has 11 heteroatoms. The second-order valence-electron chi connectivity index (χ2n) is 17.2. The van der Waals surface area contributed by atoms with Crippen LogP contribution in [0.25, 0.3) is 0 Å². The number of carbonyl (C=O) groups is 4. The van der Waals surface area contributed by atoms with E-state index in [0.717, 1.165) is 27.8 Å². The molecule has 0 radical (unpaired) electrons. The number of benzene rings is 7. The first kappa shape index (κ1) is 45.6. The molecule has 1 amide bonds. The molecule has 0 saturated heterocycles. The maximum atomic E-state index is 14.3. The SMILES string of the molecule is COc1ccc(C2(c3ccc(OC(=O)c4cccc(C(=O)Oc5ccc(C(C)(C)c6ccc(OC(=O)c7cccc(C(C)O)c7)cc6)cc5)c4)cc3)c3ccccc3C(=O)N2Cc2ccco2)cc1. The molecule has 2 unspecified atom stereocenters. The van der Waals surface area contributed by atoms with Crippen LogP contribution in [0.3, 0.4) is 0 Å². The van der Waals surface area contributed by atoms with Crippen LogP contribution in [-0.2, 0) is 17.5 Å². The molecule has 0 bridgehead atoms. The largest absolute Gasteiger partial charge is 0.497 e. The van der Waals surface area contributed by atoms with Gasteiger partial charge in [-0.15, -0.1) is 0 Å². The number of hydrogen-bond acceptors (Lipinski definition) is 10. The van der Waals surface area contributed by atoms with E-state index in [1.54, 1.807) is 110 Å². The Morgan fingerprint density at radius 2 is 1.07 bits per heavy atom. The number of furan rings is 1. The Bertz CT molecular complexity index is 3160. The van der Waals surface area contributed by atoms with Gasteiger partial charge >= 0.3 is 17.9 Å². The van der Waals surface area contributed by atoms with E-state index in [1.807, 2.05) is 91.0 Å². The number of methoxy groups -OCH3 is 1. The molecule has 11 nitrogen and oxygen atoms in total. The lowest BCUT2D eigenvalue weighted by atomic mass is 9.77. The highest BCUT2D eigenvalue weighted by Crippen LogP contribution is 2.50. The lowest BCUT2D eigenvalue weighted by Gasteiger charge is -2.40. The van der Waals surface area contributed by atoms with Crippen molar-refractivity contribution in [1.29, 1.82) is 0 Å². The smallest absolute Gasteiger partial charge is 0.343 e. The molecule has 9 rings (SSSR count). The number of amides is 1. The third-order valence-electron chi connectivity index (χ3n) is 12.6. The summed E-state index contributed by atoms with van der Waals surface area (Å²) >= 11 is 0. The molecule has 0 aliphatic carbocycles. The fourth-order valence-electron chi connectivity index (χ4n) is 8.81. The van der Waals surface area contributed by atoms with Gasteiger partial charge in [0.1, 0.15) is 34.3 Å². The molecule has 1 aliphatic heterocycles. The maximum absolute atomic E-state index is 14.3. The van der Waals surface area contributed by atoms with Crippen LogP contribution in [-0.4, -0.2) is 40.9 Å². The van der Waals surface area contributed by atoms with Crippen LogP contribution in [0.2, 0.25) is 0 Å². The van der Waals surface area contributed by atoms with Gasteiger partial charge < -0.3 is 33.4 Å². The molecule has 344 valence electrons. The molecule has 1 aliphatic rings. The van der Waals surface area contributed by atoms with E-state index < -0.39 is 35.0 Å². The van der Waals surface area contributed by atoms with Crippen molar-refractivity contribution in [1.82, 2.24) is 4.90 Å². The average molecular weight is 918 g/mol. The third kappa shape index (κ3) is 9.03. The monoisotopic (exact) mass is 917 g/mol. The highest BCUT2D eigenvalue weighted by molar-refractivity contribution is 6.02. The summed E-state index contributed by atoms with van der Waals surface area (Å²) in [6, 6.07) is 53.1. The summed E-state index contributed by atoms with van der Waals surface area (Å²) in [6.45, 7) is 5.94. The van der Waals surface area contributed by atoms with E-state index in [9.17, 15) is 24.3 Å². The van der Waals surface area contributed by atoms with Gasteiger partial charge in [0.2, 0.25) is 0 Å². The van der Waals surface area contributed by atoms with Gasteiger partial charge in [0, 0.05) is 11.0 Å².